The molecule has 0 spiro atoms. The molecule has 0 aromatic carbocycles. The van der Waals surface area contributed by atoms with E-state index < -0.39 is 0 Å². The Morgan fingerprint density at radius 3 is 2.45 bits per heavy atom. The fourth-order valence-electron chi connectivity index (χ4n) is 1.75. The lowest BCUT2D eigenvalue weighted by Gasteiger charge is -2.19. The number of allylic oxidation sites excluding steroid dienone is 8. The van der Waals surface area contributed by atoms with Crippen LogP contribution in [-0.4, -0.2) is 18.8 Å². The highest BCUT2D eigenvalue weighted by molar-refractivity contribution is 5.31. The minimum atomic E-state index is -0.0805. The molecule has 2 atom stereocenters. The lowest BCUT2D eigenvalue weighted by Crippen LogP contribution is -2.21. The normalized spacial score (nSPS) is 21.9. The Morgan fingerprint density at radius 2 is 1.95 bits per heavy atom. The van der Waals surface area contributed by atoms with Crippen molar-refractivity contribution in [1.29, 1.82) is 0 Å². The first-order valence-corrected chi connectivity index (χ1v) is 6.96. The summed E-state index contributed by atoms with van der Waals surface area (Å²) >= 11 is 0. The van der Waals surface area contributed by atoms with E-state index in [2.05, 4.69) is 18.7 Å². The van der Waals surface area contributed by atoms with Crippen molar-refractivity contribution >= 4 is 0 Å². The maximum Gasteiger partial charge on any atom is 0.152 e. The molecule has 1 aliphatic rings. The largest absolute Gasteiger partial charge is 0.483 e. The number of hydrogen-bond acceptors (Lipinski definition) is 2. The summed E-state index contributed by atoms with van der Waals surface area (Å²) in [7, 11) is 0. The zero-order chi connectivity index (χ0) is 14.8. The molecule has 0 amide bonds. The van der Waals surface area contributed by atoms with E-state index >= 15 is 0 Å². The molecule has 2 heteroatoms. The Hall–Kier alpha value is -1.80. The van der Waals surface area contributed by atoms with Gasteiger partial charge >= 0.3 is 0 Å². The molecule has 0 unspecified atom stereocenters. The van der Waals surface area contributed by atoms with Crippen LogP contribution in [0.1, 0.15) is 20.8 Å². The second-order valence-corrected chi connectivity index (χ2v) is 4.39. The summed E-state index contributed by atoms with van der Waals surface area (Å²) in [6.07, 6.45) is 17.7. The van der Waals surface area contributed by atoms with Crippen molar-refractivity contribution in [1.82, 2.24) is 0 Å². The number of rotatable bonds is 8. The van der Waals surface area contributed by atoms with Crippen LogP contribution in [0.3, 0.4) is 0 Å². The number of epoxide rings is 1. The molecule has 0 saturated carbocycles. The summed E-state index contributed by atoms with van der Waals surface area (Å²) in [5.74, 6) is 0.821. The Kier molecular flexibility index (Phi) is 7.44. The lowest BCUT2D eigenvalue weighted by molar-refractivity contribution is 0.126. The average molecular weight is 272 g/mol. The van der Waals surface area contributed by atoms with E-state index in [0.717, 1.165) is 17.9 Å². The van der Waals surface area contributed by atoms with Gasteiger partial charge in [-0.1, -0.05) is 49.1 Å². The monoisotopic (exact) mass is 272 g/mol. The maximum absolute atomic E-state index is 6.09. The first-order valence-electron chi connectivity index (χ1n) is 6.96. The molecular weight excluding hydrogens is 248 g/mol. The Balaban J connectivity index is 2.91. The van der Waals surface area contributed by atoms with Gasteiger partial charge in [0.15, 0.2) is 6.10 Å². The fourth-order valence-corrected chi connectivity index (χ4v) is 1.75. The van der Waals surface area contributed by atoms with Gasteiger partial charge in [-0.3, -0.25) is 0 Å². The van der Waals surface area contributed by atoms with Crippen LogP contribution in [0.4, 0.5) is 0 Å². The summed E-state index contributed by atoms with van der Waals surface area (Å²) in [4.78, 5) is 0. The second-order valence-electron chi connectivity index (χ2n) is 4.39. The summed E-state index contributed by atoms with van der Waals surface area (Å²) in [5, 5.41) is 0. The highest BCUT2D eigenvalue weighted by Crippen LogP contribution is 2.26. The van der Waals surface area contributed by atoms with Crippen molar-refractivity contribution in [3.05, 3.63) is 72.6 Å². The van der Waals surface area contributed by atoms with Gasteiger partial charge in [0, 0.05) is 0 Å². The quantitative estimate of drug-likeness (QED) is 0.369. The summed E-state index contributed by atoms with van der Waals surface area (Å²) in [6.45, 7) is 10.4. The molecule has 0 bridgehead atoms. The average Bonchev–Trinajstić information content (AvgIpc) is 3.29. The minimum absolute atomic E-state index is 0.0805. The van der Waals surface area contributed by atoms with E-state index in [-0.39, 0.29) is 12.2 Å². The fraction of sp³-hybridized carbons (Fsp3) is 0.333. The summed E-state index contributed by atoms with van der Waals surface area (Å²) in [6, 6.07) is 0. The van der Waals surface area contributed by atoms with E-state index in [0.29, 0.717) is 0 Å². The standard InChI is InChI=1S/C18H24O2/c1-5-9-12-15(11-7-3)18(17-14-19-17)20-16(8-4)13-10-6-2/h5-13,17-18H,2,14H2,1,3-4H3/b9-5-,11-7-,13-10-,15-12+,16-8+/t17-,18+/m1/s1. The van der Waals surface area contributed by atoms with Gasteiger partial charge in [-0.25, -0.2) is 0 Å². The third-order valence-electron chi connectivity index (χ3n) is 2.81. The van der Waals surface area contributed by atoms with Crippen molar-refractivity contribution in [2.45, 2.75) is 33.0 Å². The van der Waals surface area contributed by atoms with Crippen LogP contribution in [0.25, 0.3) is 0 Å². The molecular formula is C18H24O2. The number of ether oxygens (including phenoxy) is 2. The summed E-state index contributed by atoms with van der Waals surface area (Å²) < 4.78 is 11.5. The van der Waals surface area contributed by atoms with Gasteiger partial charge < -0.3 is 9.47 Å². The Morgan fingerprint density at radius 1 is 1.20 bits per heavy atom. The smallest absolute Gasteiger partial charge is 0.152 e. The SMILES string of the molecule is C=C/C=C\C(=C/C)O[C@@H](C(/C=C\C)=C/C=C\C)[C@H]1CO1. The molecule has 0 aromatic heterocycles. The van der Waals surface area contributed by atoms with Crippen LogP contribution >= 0.6 is 0 Å². The molecule has 1 rings (SSSR count). The van der Waals surface area contributed by atoms with Crippen molar-refractivity contribution < 1.29 is 9.47 Å². The van der Waals surface area contributed by atoms with Crippen LogP contribution in [-0.2, 0) is 9.47 Å². The topological polar surface area (TPSA) is 21.8 Å². The van der Waals surface area contributed by atoms with Crippen molar-refractivity contribution in [3.63, 3.8) is 0 Å². The first kappa shape index (κ1) is 16.3. The molecule has 1 fully saturated rings. The van der Waals surface area contributed by atoms with Crippen molar-refractivity contribution in [2.75, 3.05) is 6.61 Å². The first-order chi connectivity index (χ1) is 9.76. The molecule has 1 saturated heterocycles. The van der Waals surface area contributed by atoms with Gasteiger partial charge in [-0.05, 0) is 38.5 Å². The molecule has 2 nitrogen and oxygen atoms in total. The van der Waals surface area contributed by atoms with E-state index in [1.54, 1.807) is 6.08 Å². The Bertz CT molecular complexity index is 446. The summed E-state index contributed by atoms with van der Waals surface area (Å²) in [5.41, 5.74) is 1.11. The van der Waals surface area contributed by atoms with Gasteiger partial charge in [0.25, 0.3) is 0 Å². The predicted molar refractivity (Wildman–Crippen MR) is 85.4 cm³/mol. The number of hydrogen-bond donors (Lipinski definition) is 0. The van der Waals surface area contributed by atoms with Gasteiger partial charge in [0.1, 0.15) is 11.9 Å². The van der Waals surface area contributed by atoms with Gasteiger partial charge in [-0.2, -0.15) is 0 Å². The van der Waals surface area contributed by atoms with Gasteiger partial charge in [-0.15, -0.1) is 0 Å². The molecule has 0 radical (unpaired) electrons. The van der Waals surface area contributed by atoms with Crippen LogP contribution < -0.4 is 0 Å². The van der Waals surface area contributed by atoms with Crippen molar-refractivity contribution in [2.24, 2.45) is 0 Å². The lowest BCUT2D eigenvalue weighted by atomic mass is 10.1. The molecule has 20 heavy (non-hydrogen) atoms. The molecule has 108 valence electrons. The van der Waals surface area contributed by atoms with E-state index in [4.69, 9.17) is 9.47 Å². The third-order valence-corrected chi connectivity index (χ3v) is 2.81. The molecule has 0 N–H and O–H groups in total. The third kappa shape index (κ3) is 5.45. The minimum Gasteiger partial charge on any atom is -0.483 e. The molecule has 1 aliphatic heterocycles. The van der Waals surface area contributed by atoms with Gasteiger partial charge in [0.2, 0.25) is 0 Å². The highest BCUT2D eigenvalue weighted by Gasteiger charge is 2.36. The highest BCUT2D eigenvalue weighted by atomic mass is 16.6. The van der Waals surface area contributed by atoms with Crippen molar-refractivity contribution in [3.8, 4) is 0 Å². The van der Waals surface area contributed by atoms with Gasteiger partial charge in [0.05, 0.1) is 6.61 Å². The van der Waals surface area contributed by atoms with Crippen LogP contribution in [0.15, 0.2) is 72.6 Å². The Labute approximate surface area is 122 Å². The van der Waals surface area contributed by atoms with E-state index in [1.807, 2.05) is 57.2 Å². The second kappa shape index (κ2) is 9.16. The molecule has 1 heterocycles. The zero-order valence-electron chi connectivity index (χ0n) is 12.6. The predicted octanol–water partition coefficient (Wildman–Crippen LogP) is 4.50. The van der Waals surface area contributed by atoms with E-state index in [9.17, 15) is 0 Å². The molecule has 0 aromatic rings. The molecule has 0 aliphatic carbocycles. The zero-order valence-corrected chi connectivity index (χ0v) is 12.6. The van der Waals surface area contributed by atoms with Crippen LogP contribution in [0, 0.1) is 0 Å². The van der Waals surface area contributed by atoms with Crippen LogP contribution in [0.2, 0.25) is 0 Å². The maximum atomic E-state index is 6.09. The van der Waals surface area contributed by atoms with Crippen LogP contribution in [0.5, 0.6) is 0 Å². The van der Waals surface area contributed by atoms with E-state index in [1.165, 1.54) is 0 Å².